The van der Waals surface area contributed by atoms with Gasteiger partial charge in [0.1, 0.15) is 5.69 Å². The quantitative estimate of drug-likeness (QED) is 0.596. The van der Waals surface area contributed by atoms with E-state index in [1.807, 2.05) is 30.3 Å². The Morgan fingerprint density at radius 1 is 0.893 bits per heavy atom. The van der Waals surface area contributed by atoms with Crippen LogP contribution in [0.4, 0.5) is 5.69 Å². The van der Waals surface area contributed by atoms with Gasteiger partial charge in [0.2, 0.25) is 11.8 Å². The van der Waals surface area contributed by atoms with Crippen LogP contribution in [-0.2, 0) is 16.6 Å². The second-order valence-corrected chi connectivity index (χ2v) is 8.58. The number of hydrogen-bond donors (Lipinski definition) is 0. The van der Waals surface area contributed by atoms with Crippen molar-refractivity contribution in [3.8, 4) is 5.69 Å². The highest BCUT2D eigenvalue weighted by Crippen LogP contribution is 2.65. The highest BCUT2D eigenvalue weighted by Gasteiger charge is 2.67. The maximum atomic E-state index is 13.4. The first-order chi connectivity index (χ1) is 13.5. The van der Waals surface area contributed by atoms with Crippen molar-refractivity contribution < 1.29 is 9.59 Å². The van der Waals surface area contributed by atoms with Gasteiger partial charge in [0.25, 0.3) is 5.56 Å². The smallest absolute Gasteiger partial charge is 0.283 e. The van der Waals surface area contributed by atoms with E-state index in [1.54, 1.807) is 18.7 Å². The molecule has 5 aliphatic rings. The maximum absolute atomic E-state index is 13.4. The predicted molar refractivity (Wildman–Crippen MR) is 103 cm³/mol. The summed E-state index contributed by atoms with van der Waals surface area (Å²) in [7, 11) is 1.78. The Bertz CT molecular complexity index is 1090. The molecule has 7 rings (SSSR count). The molecule has 0 spiro atoms. The third-order valence-corrected chi connectivity index (χ3v) is 7.41. The number of para-hydroxylation sites is 1. The minimum atomic E-state index is -0.322. The molecule has 6 nitrogen and oxygen atoms in total. The molecule has 2 amide bonds. The van der Waals surface area contributed by atoms with Gasteiger partial charge in [0.15, 0.2) is 0 Å². The molecular weight excluding hydrogens is 354 g/mol. The lowest BCUT2D eigenvalue weighted by Crippen LogP contribution is -2.40. The molecule has 1 aromatic heterocycles. The number of carbonyl (C=O) groups is 2. The van der Waals surface area contributed by atoms with Crippen LogP contribution in [0.25, 0.3) is 5.69 Å². The Morgan fingerprint density at radius 3 is 2.04 bits per heavy atom. The molecular formula is C22H21N3O3. The molecule has 0 unspecified atom stereocenters. The topological polar surface area (TPSA) is 64.3 Å². The molecule has 1 aromatic carbocycles. The van der Waals surface area contributed by atoms with Crippen LogP contribution in [0.3, 0.4) is 0 Å². The molecule has 142 valence electrons. The number of rotatable bonds is 2. The molecule has 2 saturated carbocycles. The average Bonchev–Trinajstić information content (AvgIpc) is 3.45. The number of amides is 2. The minimum absolute atomic E-state index is 0.154. The zero-order valence-corrected chi connectivity index (χ0v) is 15.8. The number of benzene rings is 1. The molecule has 1 aliphatic heterocycles. The van der Waals surface area contributed by atoms with Crippen LogP contribution in [-0.4, -0.2) is 21.2 Å². The molecule has 6 atom stereocenters. The van der Waals surface area contributed by atoms with E-state index in [0.29, 0.717) is 23.2 Å². The summed E-state index contributed by atoms with van der Waals surface area (Å²) in [6.07, 6.45) is 5.42. The minimum Gasteiger partial charge on any atom is -0.283 e. The normalized spacial score (nSPS) is 34.7. The zero-order valence-electron chi connectivity index (χ0n) is 15.8. The summed E-state index contributed by atoms with van der Waals surface area (Å²) >= 11 is 0. The molecule has 28 heavy (non-hydrogen) atoms. The summed E-state index contributed by atoms with van der Waals surface area (Å²) in [5, 5.41) is 0. The zero-order chi connectivity index (χ0) is 19.3. The molecule has 4 aliphatic carbocycles. The van der Waals surface area contributed by atoms with Crippen LogP contribution in [0.15, 0.2) is 47.3 Å². The maximum Gasteiger partial charge on any atom is 0.296 e. The van der Waals surface area contributed by atoms with E-state index in [4.69, 9.17) is 0 Å². The number of allylic oxidation sites excluding steroid dienone is 2. The monoisotopic (exact) mass is 375 g/mol. The van der Waals surface area contributed by atoms with Crippen molar-refractivity contribution >= 4 is 17.5 Å². The Labute approximate surface area is 162 Å². The average molecular weight is 375 g/mol. The summed E-state index contributed by atoms with van der Waals surface area (Å²) in [4.78, 5) is 41.3. The third-order valence-electron chi connectivity index (χ3n) is 7.41. The van der Waals surface area contributed by atoms with Gasteiger partial charge < -0.3 is 0 Å². The summed E-state index contributed by atoms with van der Waals surface area (Å²) in [5.74, 6) is 0.433. The van der Waals surface area contributed by atoms with Crippen LogP contribution in [0.2, 0.25) is 0 Å². The number of hydrogen-bond acceptors (Lipinski definition) is 3. The molecule has 3 fully saturated rings. The second kappa shape index (κ2) is 5.13. The number of aromatic nitrogens is 2. The van der Waals surface area contributed by atoms with Gasteiger partial charge in [-0.05, 0) is 49.1 Å². The van der Waals surface area contributed by atoms with Gasteiger partial charge in [-0.3, -0.25) is 19.1 Å². The highest BCUT2D eigenvalue weighted by molar-refractivity contribution is 6.22. The fourth-order valence-corrected chi connectivity index (χ4v) is 5.99. The molecule has 6 heteroatoms. The van der Waals surface area contributed by atoms with E-state index in [2.05, 4.69) is 12.2 Å². The van der Waals surface area contributed by atoms with E-state index >= 15 is 0 Å². The Balaban J connectivity index is 1.49. The first-order valence-corrected chi connectivity index (χ1v) is 9.91. The summed E-state index contributed by atoms with van der Waals surface area (Å²) < 4.78 is 3.25. The predicted octanol–water partition coefficient (Wildman–Crippen LogP) is 2.04. The summed E-state index contributed by atoms with van der Waals surface area (Å²) in [6, 6.07) is 9.29. The Kier molecular flexibility index (Phi) is 2.95. The number of nitrogens with zero attached hydrogens (tertiary/aromatic N) is 3. The van der Waals surface area contributed by atoms with Gasteiger partial charge in [0.05, 0.1) is 23.2 Å². The first-order valence-electron chi connectivity index (χ1n) is 9.91. The molecule has 0 N–H and O–H groups in total. The SMILES string of the molecule is Cc1c(N2C(=O)[C@@H]3[C@@H]4C=C[C@@H]([C@H]5C[C@@H]45)[C@@H]3C2=O)c(=O)n(-c2ccccc2)n1C. The molecule has 2 bridgehead atoms. The van der Waals surface area contributed by atoms with E-state index in [1.165, 1.54) is 9.58 Å². The largest absolute Gasteiger partial charge is 0.296 e. The lowest BCUT2D eigenvalue weighted by atomic mass is 9.63. The van der Waals surface area contributed by atoms with Crippen molar-refractivity contribution in [3.63, 3.8) is 0 Å². The van der Waals surface area contributed by atoms with E-state index in [-0.39, 0.29) is 46.7 Å². The van der Waals surface area contributed by atoms with Crippen LogP contribution in [0.1, 0.15) is 12.1 Å². The third kappa shape index (κ3) is 1.76. The van der Waals surface area contributed by atoms with Gasteiger partial charge in [-0.2, -0.15) is 0 Å². The summed E-state index contributed by atoms with van der Waals surface area (Å²) in [6.45, 7) is 1.79. The Hall–Kier alpha value is -2.89. The number of carbonyl (C=O) groups excluding carboxylic acids is 2. The van der Waals surface area contributed by atoms with E-state index in [9.17, 15) is 14.4 Å². The van der Waals surface area contributed by atoms with Gasteiger partial charge >= 0.3 is 0 Å². The lowest BCUT2D eigenvalue weighted by molar-refractivity contribution is -0.124. The first kappa shape index (κ1) is 16.1. The van der Waals surface area contributed by atoms with Crippen molar-refractivity contribution in [3.05, 3.63) is 58.5 Å². The lowest BCUT2D eigenvalue weighted by Gasteiger charge is -2.37. The van der Waals surface area contributed by atoms with Crippen molar-refractivity contribution in [1.82, 2.24) is 9.36 Å². The number of anilines is 1. The molecule has 2 aromatic rings. The second-order valence-electron chi connectivity index (χ2n) is 8.58. The van der Waals surface area contributed by atoms with E-state index in [0.717, 1.165) is 6.42 Å². The van der Waals surface area contributed by atoms with Gasteiger partial charge in [-0.15, -0.1) is 0 Å². The molecule has 1 saturated heterocycles. The van der Waals surface area contributed by atoms with Crippen molar-refractivity contribution in [2.45, 2.75) is 13.3 Å². The summed E-state index contributed by atoms with van der Waals surface area (Å²) in [5.41, 5.74) is 1.23. The van der Waals surface area contributed by atoms with Gasteiger partial charge in [-0.25, -0.2) is 9.58 Å². The fraction of sp³-hybridized carbons (Fsp3) is 0.409. The molecule has 0 radical (unpaired) electrons. The van der Waals surface area contributed by atoms with Crippen molar-refractivity contribution in [2.75, 3.05) is 4.90 Å². The molecule has 2 heterocycles. The van der Waals surface area contributed by atoms with Crippen LogP contribution in [0.5, 0.6) is 0 Å². The van der Waals surface area contributed by atoms with Crippen LogP contribution in [0, 0.1) is 42.4 Å². The van der Waals surface area contributed by atoms with Gasteiger partial charge in [-0.1, -0.05) is 30.4 Å². The number of imide groups is 1. The standard InChI is InChI=1S/C22H21N3O3/c1-11-19(22(28)25(23(11)2)12-6-4-3-5-7-12)24-20(26)17-13-8-9-14(16-10-15(13)16)18(17)21(24)27/h3-9,13-18H,10H2,1-2H3/t13-,14+,15+,16-,17-,18+. The van der Waals surface area contributed by atoms with Crippen molar-refractivity contribution in [1.29, 1.82) is 0 Å². The van der Waals surface area contributed by atoms with Gasteiger partial charge in [0, 0.05) is 7.05 Å². The highest BCUT2D eigenvalue weighted by atomic mass is 16.2. The van der Waals surface area contributed by atoms with Crippen LogP contribution >= 0.6 is 0 Å². The van der Waals surface area contributed by atoms with E-state index < -0.39 is 0 Å². The van der Waals surface area contributed by atoms with Crippen LogP contribution < -0.4 is 10.5 Å². The fourth-order valence-electron chi connectivity index (χ4n) is 5.99. The van der Waals surface area contributed by atoms with Crippen molar-refractivity contribution in [2.24, 2.45) is 42.6 Å². The Morgan fingerprint density at radius 2 is 1.46 bits per heavy atom.